The van der Waals surface area contributed by atoms with Gasteiger partial charge in [0.05, 0.1) is 24.6 Å². The fourth-order valence-electron chi connectivity index (χ4n) is 3.90. The first kappa shape index (κ1) is 22.4. The van der Waals surface area contributed by atoms with Crippen molar-refractivity contribution in [1.29, 1.82) is 0 Å². The zero-order valence-electron chi connectivity index (χ0n) is 18.6. The average molecular weight is 463 g/mol. The van der Waals surface area contributed by atoms with E-state index in [1.165, 1.54) is 12.0 Å². The van der Waals surface area contributed by atoms with Crippen LogP contribution in [0, 0.1) is 6.92 Å². The van der Waals surface area contributed by atoms with Crippen LogP contribution in [0.15, 0.2) is 23.4 Å². The summed E-state index contributed by atoms with van der Waals surface area (Å²) in [6.45, 7) is 8.56. The van der Waals surface area contributed by atoms with Gasteiger partial charge in [-0.25, -0.2) is 18.9 Å². The second-order valence-corrected chi connectivity index (χ2v) is 11.4. The number of hydrogen-bond acceptors (Lipinski definition) is 6. The highest BCUT2D eigenvalue weighted by atomic mass is 32.2. The Balaban J connectivity index is 1.69. The number of aliphatic hydroxyl groups is 1. The van der Waals surface area contributed by atoms with Crippen molar-refractivity contribution in [2.75, 3.05) is 7.11 Å². The molecule has 2 N–H and O–H groups in total. The van der Waals surface area contributed by atoms with E-state index in [1.54, 1.807) is 17.5 Å². The summed E-state index contributed by atoms with van der Waals surface area (Å²) in [5, 5.41) is 9.73. The molecule has 7 nitrogen and oxygen atoms in total. The van der Waals surface area contributed by atoms with Crippen LogP contribution >= 0.6 is 11.3 Å². The number of methoxy groups -OCH3 is 1. The van der Waals surface area contributed by atoms with E-state index >= 15 is 0 Å². The number of imidazole rings is 1. The Morgan fingerprint density at radius 2 is 2.00 bits per heavy atom. The summed E-state index contributed by atoms with van der Waals surface area (Å²) in [7, 11) is 0.0672. The summed E-state index contributed by atoms with van der Waals surface area (Å²) in [5.41, 5.74) is 2.76. The number of aliphatic hydroxyl groups excluding tert-OH is 1. The van der Waals surface area contributed by atoms with Gasteiger partial charge in [0.1, 0.15) is 15.9 Å². The lowest BCUT2D eigenvalue weighted by Crippen LogP contribution is -2.35. The Labute approximate surface area is 189 Å². The Bertz CT molecular complexity index is 1110. The first-order chi connectivity index (χ1) is 14.7. The van der Waals surface area contributed by atoms with Crippen molar-refractivity contribution in [3.05, 3.63) is 29.0 Å². The molecule has 3 heterocycles. The van der Waals surface area contributed by atoms with E-state index in [0.717, 1.165) is 47.6 Å². The number of thiazole rings is 1. The maximum atomic E-state index is 13.2. The van der Waals surface area contributed by atoms with Crippen LogP contribution in [0.25, 0.3) is 16.2 Å². The van der Waals surface area contributed by atoms with Crippen molar-refractivity contribution in [2.45, 2.75) is 75.8 Å². The first-order valence-electron chi connectivity index (χ1n) is 10.6. The quantitative estimate of drug-likeness (QED) is 0.599. The van der Waals surface area contributed by atoms with Crippen molar-refractivity contribution >= 4 is 27.3 Å². The molecule has 1 unspecified atom stereocenters. The number of ether oxygens (including phenoxy) is 1. The Kier molecular flexibility index (Phi) is 6.22. The fourth-order valence-corrected chi connectivity index (χ4v) is 6.18. The minimum Gasteiger partial charge on any atom is -0.480 e. The van der Waals surface area contributed by atoms with Crippen molar-refractivity contribution in [2.24, 2.45) is 0 Å². The van der Waals surface area contributed by atoms with Crippen LogP contribution in [0.1, 0.15) is 57.0 Å². The monoisotopic (exact) mass is 462 g/mol. The number of nitrogens with zero attached hydrogens (tertiary/aromatic N) is 3. The second-order valence-electron chi connectivity index (χ2n) is 9.17. The minimum atomic E-state index is -1.47. The van der Waals surface area contributed by atoms with Crippen LogP contribution in [0.4, 0.5) is 0 Å². The van der Waals surface area contributed by atoms with Crippen molar-refractivity contribution < 1.29 is 14.1 Å². The Hall–Kier alpha value is -1.81. The molecule has 4 rings (SSSR count). The number of rotatable bonds is 5. The molecular formula is C22H30N4O3S2. The normalized spacial score (nSPS) is 20.8. The van der Waals surface area contributed by atoms with E-state index < -0.39 is 11.0 Å². The van der Waals surface area contributed by atoms with Gasteiger partial charge in [0, 0.05) is 28.9 Å². The summed E-state index contributed by atoms with van der Waals surface area (Å²) in [6.07, 6.45) is 6.70. The molecule has 1 saturated carbocycles. The minimum absolute atomic E-state index is 0.0405. The highest BCUT2D eigenvalue weighted by Crippen LogP contribution is 2.35. The van der Waals surface area contributed by atoms with Gasteiger partial charge in [-0.2, -0.15) is 0 Å². The number of fused-ring (bicyclic) bond motifs is 1. The third-order valence-corrected chi connectivity index (χ3v) is 8.34. The second kappa shape index (κ2) is 8.61. The van der Waals surface area contributed by atoms with Gasteiger partial charge in [0.25, 0.3) is 0 Å². The summed E-state index contributed by atoms with van der Waals surface area (Å²) < 4.78 is 23.9. The predicted molar refractivity (Wildman–Crippen MR) is 124 cm³/mol. The van der Waals surface area contributed by atoms with E-state index in [1.807, 2.05) is 13.0 Å². The summed E-state index contributed by atoms with van der Waals surface area (Å²) in [4.78, 5) is 11.9. The number of nitrogens with one attached hydrogen (secondary N) is 1. The maximum Gasteiger partial charge on any atom is 0.231 e. The molecule has 31 heavy (non-hydrogen) atoms. The van der Waals surface area contributed by atoms with Gasteiger partial charge in [-0.3, -0.25) is 4.40 Å². The van der Waals surface area contributed by atoms with Gasteiger partial charge >= 0.3 is 0 Å². The number of aromatic nitrogens is 3. The molecule has 0 saturated heterocycles. The standard InChI is InChI=1S/C22H30N4O3S2/c1-13-19(26-12-18(22(2,3)4)30-21(26)24-13)14-10-17(20(29-5)23-11-14)31(28)25-15-6-8-16(27)9-7-15/h10-12,15-16,25,27H,6-9H2,1-5H3. The van der Waals surface area contributed by atoms with Crippen molar-refractivity contribution in [1.82, 2.24) is 19.1 Å². The van der Waals surface area contributed by atoms with Crippen LogP contribution in [0.2, 0.25) is 0 Å². The maximum absolute atomic E-state index is 13.2. The molecule has 1 atom stereocenters. The topological polar surface area (TPSA) is 88.8 Å². The molecule has 0 bridgehead atoms. The van der Waals surface area contributed by atoms with Crippen LogP contribution in [-0.4, -0.2) is 42.9 Å². The third kappa shape index (κ3) is 4.55. The smallest absolute Gasteiger partial charge is 0.231 e. The van der Waals surface area contributed by atoms with Gasteiger partial charge in [0.15, 0.2) is 4.96 Å². The van der Waals surface area contributed by atoms with Crippen LogP contribution in [-0.2, 0) is 16.4 Å². The van der Waals surface area contributed by atoms with E-state index in [-0.39, 0.29) is 17.6 Å². The Morgan fingerprint density at radius 1 is 1.29 bits per heavy atom. The molecule has 1 fully saturated rings. The van der Waals surface area contributed by atoms with Crippen LogP contribution in [0.3, 0.4) is 0 Å². The molecule has 3 aromatic rings. The van der Waals surface area contributed by atoms with Gasteiger partial charge in [0.2, 0.25) is 5.88 Å². The summed E-state index contributed by atoms with van der Waals surface area (Å²) in [6, 6.07) is 1.99. The molecular weight excluding hydrogens is 432 g/mol. The lowest BCUT2D eigenvalue weighted by Gasteiger charge is -2.25. The van der Waals surface area contributed by atoms with E-state index in [9.17, 15) is 9.32 Å². The molecule has 1 aliphatic rings. The van der Waals surface area contributed by atoms with Gasteiger partial charge in [-0.05, 0) is 44.1 Å². The molecule has 1 aliphatic carbocycles. The molecule has 0 radical (unpaired) electrons. The predicted octanol–water partition coefficient (Wildman–Crippen LogP) is 3.99. The highest BCUT2D eigenvalue weighted by molar-refractivity contribution is 7.83. The molecule has 9 heteroatoms. The van der Waals surface area contributed by atoms with Gasteiger partial charge < -0.3 is 9.84 Å². The van der Waals surface area contributed by atoms with Crippen LogP contribution in [0.5, 0.6) is 5.88 Å². The molecule has 3 aromatic heterocycles. The zero-order chi connectivity index (χ0) is 22.3. The van der Waals surface area contributed by atoms with Crippen LogP contribution < -0.4 is 9.46 Å². The summed E-state index contributed by atoms with van der Waals surface area (Å²) >= 11 is 1.69. The van der Waals surface area contributed by atoms with Gasteiger partial charge in [-0.15, -0.1) is 11.3 Å². The lowest BCUT2D eigenvalue weighted by molar-refractivity contribution is 0.121. The summed E-state index contributed by atoms with van der Waals surface area (Å²) in [5.74, 6) is 0.351. The van der Waals surface area contributed by atoms with Crippen molar-refractivity contribution in [3.63, 3.8) is 0 Å². The largest absolute Gasteiger partial charge is 0.480 e. The highest BCUT2D eigenvalue weighted by Gasteiger charge is 2.25. The lowest BCUT2D eigenvalue weighted by atomic mass is 9.94. The molecule has 0 aliphatic heterocycles. The number of pyridine rings is 1. The average Bonchev–Trinajstić information content (AvgIpc) is 3.26. The molecule has 0 amide bonds. The van der Waals surface area contributed by atoms with E-state index in [0.29, 0.717) is 10.8 Å². The fraction of sp³-hybridized carbons (Fsp3) is 0.545. The van der Waals surface area contributed by atoms with E-state index in [4.69, 9.17) is 9.72 Å². The number of aryl methyl sites for hydroxylation is 1. The number of hydrogen-bond donors (Lipinski definition) is 2. The zero-order valence-corrected chi connectivity index (χ0v) is 20.3. The third-order valence-electron chi connectivity index (χ3n) is 5.70. The SMILES string of the molecule is COc1ncc(-c2c(C)nc3sc(C(C)(C)C)cn23)cc1S(=O)NC1CCC(O)CC1. The first-order valence-corrected chi connectivity index (χ1v) is 12.5. The molecule has 168 valence electrons. The molecule has 0 spiro atoms. The molecule has 0 aromatic carbocycles. The Morgan fingerprint density at radius 3 is 2.65 bits per heavy atom. The van der Waals surface area contributed by atoms with Gasteiger partial charge in [-0.1, -0.05) is 20.8 Å². The van der Waals surface area contributed by atoms with E-state index in [2.05, 4.69) is 41.1 Å². The van der Waals surface area contributed by atoms with Crippen molar-refractivity contribution in [3.8, 4) is 17.1 Å².